The number of hydrogen-bond donors (Lipinski definition) is 0. The minimum Gasteiger partial charge on any atom is -0.469 e. The average molecular weight is 295 g/mol. The van der Waals surface area contributed by atoms with Crippen LogP contribution in [0.15, 0.2) is 24.3 Å². The van der Waals surface area contributed by atoms with Gasteiger partial charge in [0.2, 0.25) is 0 Å². The van der Waals surface area contributed by atoms with E-state index in [4.69, 9.17) is 17.0 Å². The zero-order valence-corrected chi connectivity index (χ0v) is 12.7. The summed E-state index contributed by atoms with van der Waals surface area (Å²) in [7, 11) is 1.42. The summed E-state index contributed by atoms with van der Waals surface area (Å²) >= 11 is 7.01. The average Bonchev–Trinajstić information content (AvgIpc) is 2.74. The van der Waals surface area contributed by atoms with Crippen LogP contribution in [0.5, 0.6) is 0 Å². The Hall–Kier alpha value is -1.07. The van der Waals surface area contributed by atoms with E-state index in [1.165, 1.54) is 18.2 Å². The standard InChI is InChI=1S/C14H17NO2S2/c1-10-3-5-11(6-4-10)8-15-12(7-13(16)17-2)9-19-14(15)18/h3-6,12H,7-9H2,1-2H3. The SMILES string of the molecule is COC(=O)CC1CSC(=S)N1Cc1ccc(C)cc1. The number of ether oxygens (including phenoxy) is 1. The fraction of sp³-hybridized carbons (Fsp3) is 0.429. The molecule has 0 N–H and O–H groups in total. The quantitative estimate of drug-likeness (QED) is 0.629. The highest BCUT2D eigenvalue weighted by molar-refractivity contribution is 8.23. The van der Waals surface area contributed by atoms with Crippen LogP contribution in [0.25, 0.3) is 0 Å². The lowest BCUT2D eigenvalue weighted by Gasteiger charge is -2.24. The molecule has 102 valence electrons. The second-order valence-corrected chi connectivity index (χ2v) is 6.28. The van der Waals surface area contributed by atoms with E-state index >= 15 is 0 Å². The highest BCUT2D eigenvalue weighted by Gasteiger charge is 2.30. The van der Waals surface area contributed by atoms with E-state index in [2.05, 4.69) is 36.1 Å². The molecule has 1 aliphatic rings. The van der Waals surface area contributed by atoms with Gasteiger partial charge < -0.3 is 9.64 Å². The number of esters is 1. The van der Waals surface area contributed by atoms with E-state index in [9.17, 15) is 4.79 Å². The predicted molar refractivity (Wildman–Crippen MR) is 82.2 cm³/mol. The fourth-order valence-electron chi connectivity index (χ4n) is 2.02. The Morgan fingerprint density at radius 3 is 2.79 bits per heavy atom. The van der Waals surface area contributed by atoms with Gasteiger partial charge in [-0.05, 0) is 12.5 Å². The van der Waals surface area contributed by atoms with Crippen LogP contribution < -0.4 is 0 Å². The highest BCUT2D eigenvalue weighted by Crippen LogP contribution is 2.28. The summed E-state index contributed by atoms with van der Waals surface area (Å²) in [5.41, 5.74) is 2.46. The topological polar surface area (TPSA) is 29.5 Å². The number of methoxy groups -OCH3 is 1. The number of benzene rings is 1. The molecule has 0 aromatic heterocycles. The fourth-order valence-corrected chi connectivity index (χ4v) is 3.45. The molecule has 5 heteroatoms. The first kappa shape index (κ1) is 14.3. The molecule has 1 aliphatic heterocycles. The molecule has 19 heavy (non-hydrogen) atoms. The van der Waals surface area contributed by atoms with Gasteiger partial charge in [-0.1, -0.05) is 53.8 Å². The predicted octanol–water partition coefficient (Wildman–Crippen LogP) is 2.76. The summed E-state index contributed by atoms with van der Waals surface area (Å²) in [6.07, 6.45) is 0.398. The van der Waals surface area contributed by atoms with E-state index in [0.29, 0.717) is 6.42 Å². The summed E-state index contributed by atoms with van der Waals surface area (Å²) < 4.78 is 5.61. The van der Waals surface area contributed by atoms with Crippen molar-refractivity contribution in [2.45, 2.75) is 25.9 Å². The number of hydrogen-bond acceptors (Lipinski definition) is 4. The van der Waals surface area contributed by atoms with Crippen LogP contribution in [0.4, 0.5) is 0 Å². The van der Waals surface area contributed by atoms with Crippen molar-refractivity contribution in [3.8, 4) is 0 Å². The van der Waals surface area contributed by atoms with Crippen molar-refractivity contribution in [3.63, 3.8) is 0 Å². The van der Waals surface area contributed by atoms with Crippen LogP contribution in [0, 0.1) is 6.92 Å². The monoisotopic (exact) mass is 295 g/mol. The van der Waals surface area contributed by atoms with E-state index in [0.717, 1.165) is 16.6 Å². The molecular weight excluding hydrogens is 278 g/mol. The number of carbonyl (C=O) groups excluding carboxylic acids is 1. The van der Waals surface area contributed by atoms with E-state index in [1.807, 2.05) is 0 Å². The number of rotatable bonds is 4. The van der Waals surface area contributed by atoms with Gasteiger partial charge in [-0.2, -0.15) is 0 Å². The van der Waals surface area contributed by atoms with Gasteiger partial charge in [-0.15, -0.1) is 0 Å². The molecule has 0 amide bonds. The molecule has 1 unspecified atom stereocenters. The molecule has 1 atom stereocenters. The lowest BCUT2D eigenvalue weighted by atomic mass is 10.1. The zero-order valence-electron chi connectivity index (χ0n) is 11.1. The van der Waals surface area contributed by atoms with Gasteiger partial charge >= 0.3 is 5.97 Å². The zero-order chi connectivity index (χ0) is 13.8. The third-order valence-corrected chi connectivity index (χ3v) is 4.80. The van der Waals surface area contributed by atoms with Crippen LogP contribution in [0.3, 0.4) is 0 Å². The molecule has 1 saturated heterocycles. The molecule has 2 rings (SSSR count). The van der Waals surface area contributed by atoms with Crippen LogP contribution in [0.1, 0.15) is 17.5 Å². The molecule has 3 nitrogen and oxygen atoms in total. The molecule has 1 fully saturated rings. The Labute approximate surface area is 123 Å². The Morgan fingerprint density at radius 2 is 2.16 bits per heavy atom. The lowest BCUT2D eigenvalue weighted by Crippen LogP contribution is -2.34. The molecular formula is C14H17NO2S2. The molecule has 0 bridgehead atoms. The van der Waals surface area contributed by atoms with Crippen molar-refractivity contribution in [2.75, 3.05) is 12.9 Å². The molecule has 0 radical (unpaired) electrons. The van der Waals surface area contributed by atoms with Gasteiger partial charge in [0.15, 0.2) is 0 Å². The van der Waals surface area contributed by atoms with E-state index < -0.39 is 0 Å². The van der Waals surface area contributed by atoms with Crippen LogP contribution in [-0.4, -0.2) is 34.1 Å². The molecule has 0 aliphatic carbocycles. The Bertz CT molecular complexity index is 473. The first-order valence-electron chi connectivity index (χ1n) is 6.16. The minimum atomic E-state index is -0.177. The van der Waals surface area contributed by atoms with Crippen LogP contribution >= 0.6 is 24.0 Å². The number of thioether (sulfide) groups is 1. The lowest BCUT2D eigenvalue weighted by molar-refractivity contribution is -0.141. The van der Waals surface area contributed by atoms with Crippen molar-refractivity contribution in [1.29, 1.82) is 0 Å². The van der Waals surface area contributed by atoms with Crippen molar-refractivity contribution in [3.05, 3.63) is 35.4 Å². The number of thiocarbonyl (C=S) groups is 1. The summed E-state index contributed by atoms with van der Waals surface area (Å²) in [4.78, 5) is 13.5. The van der Waals surface area contributed by atoms with Crippen LogP contribution in [-0.2, 0) is 16.1 Å². The van der Waals surface area contributed by atoms with Gasteiger partial charge in [0.25, 0.3) is 0 Å². The smallest absolute Gasteiger partial charge is 0.307 e. The molecule has 1 heterocycles. The third kappa shape index (κ3) is 3.70. The first-order chi connectivity index (χ1) is 9.10. The minimum absolute atomic E-state index is 0.145. The Morgan fingerprint density at radius 1 is 1.47 bits per heavy atom. The van der Waals surface area contributed by atoms with Crippen molar-refractivity contribution in [2.24, 2.45) is 0 Å². The summed E-state index contributed by atoms with van der Waals surface area (Å²) in [5.74, 6) is 0.684. The first-order valence-corrected chi connectivity index (χ1v) is 7.55. The Balaban J connectivity index is 2.05. The van der Waals surface area contributed by atoms with Crippen molar-refractivity contribution >= 4 is 34.3 Å². The van der Waals surface area contributed by atoms with Crippen LogP contribution in [0.2, 0.25) is 0 Å². The Kier molecular flexibility index (Phi) is 4.82. The maximum atomic E-state index is 11.4. The maximum Gasteiger partial charge on any atom is 0.307 e. The molecule has 1 aromatic rings. The van der Waals surface area contributed by atoms with Gasteiger partial charge in [0, 0.05) is 12.3 Å². The summed E-state index contributed by atoms with van der Waals surface area (Å²) in [5, 5.41) is 0. The normalized spacial score (nSPS) is 18.7. The number of aryl methyl sites for hydroxylation is 1. The highest BCUT2D eigenvalue weighted by atomic mass is 32.2. The van der Waals surface area contributed by atoms with Gasteiger partial charge in [0.05, 0.1) is 19.6 Å². The number of nitrogens with zero attached hydrogens (tertiary/aromatic N) is 1. The van der Waals surface area contributed by atoms with Gasteiger partial charge in [-0.25, -0.2) is 0 Å². The molecule has 1 aromatic carbocycles. The summed E-state index contributed by atoms with van der Waals surface area (Å²) in [6, 6.07) is 8.55. The van der Waals surface area contributed by atoms with Gasteiger partial charge in [-0.3, -0.25) is 4.79 Å². The maximum absolute atomic E-state index is 11.4. The van der Waals surface area contributed by atoms with E-state index in [1.54, 1.807) is 11.8 Å². The number of carbonyl (C=O) groups is 1. The second-order valence-electron chi connectivity index (χ2n) is 4.62. The van der Waals surface area contributed by atoms with Crippen molar-refractivity contribution in [1.82, 2.24) is 4.90 Å². The van der Waals surface area contributed by atoms with E-state index in [-0.39, 0.29) is 12.0 Å². The molecule has 0 spiro atoms. The third-order valence-electron chi connectivity index (χ3n) is 3.18. The molecule has 0 saturated carbocycles. The summed E-state index contributed by atoms with van der Waals surface area (Å²) in [6.45, 7) is 2.83. The van der Waals surface area contributed by atoms with Crippen molar-refractivity contribution < 1.29 is 9.53 Å². The second kappa shape index (κ2) is 6.39. The largest absolute Gasteiger partial charge is 0.469 e. The van der Waals surface area contributed by atoms with Gasteiger partial charge in [0.1, 0.15) is 4.32 Å².